The standard InChI is InChI=1S/C14H24N4O3/c1-13(2)4-6-14(20-3,7-5-13)12-17-11(21-18-12)9-16-8-10(15)19/h16H,4-9H2,1-3H3,(H2,15,19). The molecule has 7 nitrogen and oxygen atoms in total. The van der Waals surface area contributed by atoms with Crippen LogP contribution in [0.1, 0.15) is 51.2 Å². The number of aromatic nitrogens is 2. The summed E-state index contributed by atoms with van der Waals surface area (Å²) in [5.41, 5.74) is 4.93. The molecule has 1 amide bonds. The van der Waals surface area contributed by atoms with Crippen LogP contribution < -0.4 is 11.1 Å². The summed E-state index contributed by atoms with van der Waals surface area (Å²) in [6.07, 6.45) is 3.88. The molecule has 0 radical (unpaired) electrons. The van der Waals surface area contributed by atoms with Gasteiger partial charge < -0.3 is 15.0 Å². The van der Waals surface area contributed by atoms with E-state index in [1.54, 1.807) is 7.11 Å². The molecule has 1 heterocycles. The maximum Gasteiger partial charge on any atom is 0.240 e. The fraction of sp³-hybridized carbons (Fsp3) is 0.786. The van der Waals surface area contributed by atoms with E-state index in [1.165, 1.54) is 0 Å². The van der Waals surface area contributed by atoms with Gasteiger partial charge in [-0.1, -0.05) is 19.0 Å². The normalized spacial score (nSPS) is 20.3. The summed E-state index contributed by atoms with van der Waals surface area (Å²) in [7, 11) is 1.69. The summed E-state index contributed by atoms with van der Waals surface area (Å²) in [6, 6.07) is 0. The highest BCUT2D eigenvalue weighted by Gasteiger charge is 2.43. The number of nitrogens with zero attached hydrogens (tertiary/aromatic N) is 2. The lowest BCUT2D eigenvalue weighted by atomic mass is 9.70. The SMILES string of the molecule is COC1(c2noc(CNCC(N)=O)n2)CCC(C)(C)CC1. The van der Waals surface area contributed by atoms with E-state index in [9.17, 15) is 4.79 Å². The van der Waals surface area contributed by atoms with E-state index >= 15 is 0 Å². The van der Waals surface area contributed by atoms with Crippen molar-refractivity contribution in [1.82, 2.24) is 15.5 Å². The van der Waals surface area contributed by atoms with E-state index in [0.717, 1.165) is 25.7 Å². The highest BCUT2D eigenvalue weighted by Crippen LogP contribution is 2.46. The molecule has 118 valence electrons. The van der Waals surface area contributed by atoms with Crippen molar-refractivity contribution in [3.05, 3.63) is 11.7 Å². The van der Waals surface area contributed by atoms with Crippen molar-refractivity contribution in [3.63, 3.8) is 0 Å². The third kappa shape index (κ3) is 3.79. The Morgan fingerprint density at radius 1 is 1.38 bits per heavy atom. The topological polar surface area (TPSA) is 103 Å². The molecule has 1 fully saturated rings. The Balaban J connectivity index is 2.03. The largest absolute Gasteiger partial charge is 0.370 e. The minimum Gasteiger partial charge on any atom is -0.370 e. The summed E-state index contributed by atoms with van der Waals surface area (Å²) >= 11 is 0. The summed E-state index contributed by atoms with van der Waals surface area (Å²) in [4.78, 5) is 15.1. The molecule has 7 heteroatoms. The first-order chi connectivity index (χ1) is 9.87. The minimum atomic E-state index is -0.457. The van der Waals surface area contributed by atoms with Gasteiger partial charge in [0, 0.05) is 7.11 Å². The molecule has 21 heavy (non-hydrogen) atoms. The zero-order valence-corrected chi connectivity index (χ0v) is 12.9. The van der Waals surface area contributed by atoms with Crippen LogP contribution in [0.2, 0.25) is 0 Å². The lowest BCUT2D eigenvalue weighted by Crippen LogP contribution is -2.37. The van der Waals surface area contributed by atoms with Crippen LogP contribution >= 0.6 is 0 Å². The highest BCUT2D eigenvalue weighted by molar-refractivity contribution is 5.75. The van der Waals surface area contributed by atoms with Crippen LogP contribution in [0.3, 0.4) is 0 Å². The van der Waals surface area contributed by atoms with Gasteiger partial charge in [-0.15, -0.1) is 0 Å². The fourth-order valence-corrected chi connectivity index (χ4v) is 2.65. The molecule has 0 aliphatic heterocycles. The lowest BCUT2D eigenvalue weighted by molar-refractivity contribution is -0.117. The number of ether oxygens (including phenoxy) is 1. The van der Waals surface area contributed by atoms with Crippen molar-refractivity contribution in [2.45, 2.75) is 51.7 Å². The summed E-state index contributed by atoms with van der Waals surface area (Å²) < 4.78 is 11.0. The molecule has 0 unspecified atom stereocenters. The maximum atomic E-state index is 10.7. The summed E-state index contributed by atoms with van der Waals surface area (Å²) in [5.74, 6) is 0.612. The molecule has 1 saturated carbocycles. The molecular formula is C14H24N4O3. The second kappa shape index (κ2) is 6.11. The third-order valence-corrected chi connectivity index (χ3v) is 4.25. The van der Waals surface area contributed by atoms with Crippen LogP contribution in [-0.4, -0.2) is 29.7 Å². The van der Waals surface area contributed by atoms with E-state index in [-0.39, 0.29) is 6.54 Å². The molecular weight excluding hydrogens is 272 g/mol. The molecule has 0 spiro atoms. The van der Waals surface area contributed by atoms with Gasteiger partial charge in [0.25, 0.3) is 0 Å². The predicted octanol–water partition coefficient (Wildman–Crippen LogP) is 1.09. The number of carbonyl (C=O) groups excluding carboxylic acids is 1. The van der Waals surface area contributed by atoms with Crippen LogP contribution in [0.5, 0.6) is 0 Å². The van der Waals surface area contributed by atoms with Gasteiger partial charge in [-0.3, -0.25) is 10.1 Å². The fourth-order valence-electron chi connectivity index (χ4n) is 2.65. The van der Waals surface area contributed by atoms with Crippen molar-refractivity contribution in [2.24, 2.45) is 11.1 Å². The van der Waals surface area contributed by atoms with E-state index in [4.69, 9.17) is 15.0 Å². The van der Waals surface area contributed by atoms with Gasteiger partial charge in [0.2, 0.25) is 17.6 Å². The molecule has 2 rings (SSSR count). The van der Waals surface area contributed by atoms with Crippen LogP contribution in [0.15, 0.2) is 4.52 Å². The number of hydrogen-bond donors (Lipinski definition) is 2. The Hall–Kier alpha value is -1.47. The first-order valence-corrected chi connectivity index (χ1v) is 7.24. The molecule has 1 aromatic heterocycles. The summed E-state index contributed by atoms with van der Waals surface area (Å²) in [5, 5.41) is 6.91. The quantitative estimate of drug-likeness (QED) is 0.814. The van der Waals surface area contributed by atoms with E-state index in [1.807, 2.05) is 0 Å². The van der Waals surface area contributed by atoms with Crippen molar-refractivity contribution < 1.29 is 14.1 Å². The first kappa shape index (κ1) is 15.9. The number of primary amides is 1. The van der Waals surface area contributed by atoms with E-state index in [2.05, 4.69) is 29.3 Å². The van der Waals surface area contributed by atoms with Crippen molar-refractivity contribution in [3.8, 4) is 0 Å². The molecule has 0 atom stereocenters. The Morgan fingerprint density at radius 3 is 2.62 bits per heavy atom. The summed E-state index contributed by atoms with van der Waals surface area (Å²) in [6.45, 7) is 4.94. The van der Waals surface area contributed by atoms with Crippen molar-refractivity contribution >= 4 is 5.91 Å². The zero-order valence-electron chi connectivity index (χ0n) is 12.9. The Bertz CT molecular complexity index is 488. The minimum absolute atomic E-state index is 0.0846. The van der Waals surface area contributed by atoms with Crippen LogP contribution in [0.4, 0.5) is 0 Å². The van der Waals surface area contributed by atoms with Gasteiger partial charge >= 0.3 is 0 Å². The highest BCUT2D eigenvalue weighted by atomic mass is 16.5. The van der Waals surface area contributed by atoms with Crippen LogP contribution in [0.25, 0.3) is 0 Å². The maximum absolute atomic E-state index is 10.7. The predicted molar refractivity (Wildman–Crippen MR) is 76.1 cm³/mol. The average molecular weight is 296 g/mol. The molecule has 3 N–H and O–H groups in total. The third-order valence-electron chi connectivity index (χ3n) is 4.25. The van der Waals surface area contributed by atoms with Gasteiger partial charge in [0.05, 0.1) is 13.1 Å². The van der Waals surface area contributed by atoms with E-state index < -0.39 is 11.5 Å². The first-order valence-electron chi connectivity index (χ1n) is 7.24. The number of carbonyl (C=O) groups is 1. The number of amides is 1. The van der Waals surface area contributed by atoms with Crippen LogP contribution in [-0.2, 0) is 21.7 Å². The van der Waals surface area contributed by atoms with Gasteiger partial charge in [0.1, 0.15) is 5.60 Å². The van der Waals surface area contributed by atoms with Gasteiger partial charge in [-0.2, -0.15) is 4.98 Å². The number of nitrogens with one attached hydrogen (secondary N) is 1. The number of hydrogen-bond acceptors (Lipinski definition) is 6. The lowest BCUT2D eigenvalue weighted by Gasteiger charge is -2.40. The van der Waals surface area contributed by atoms with Gasteiger partial charge in [0.15, 0.2) is 0 Å². The van der Waals surface area contributed by atoms with Crippen molar-refractivity contribution in [1.29, 1.82) is 0 Å². The number of rotatable bonds is 6. The molecule has 1 aromatic rings. The molecule has 0 bridgehead atoms. The van der Waals surface area contributed by atoms with Gasteiger partial charge in [-0.05, 0) is 31.1 Å². The average Bonchev–Trinajstić information content (AvgIpc) is 2.88. The van der Waals surface area contributed by atoms with Crippen molar-refractivity contribution in [2.75, 3.05) is 13.7 Å². The Morgan fingerprint density at radius 2 is 2.05 bits per heavy atom. The molecule has 1 aliphatic rings. The zero-order chi connectivity index (χ0) is 15.5. The van der Waals surface area contributed by atoms with Crippen LogP contribution in [0, 0.1) is 5.41 Å². The number of nitrogens with two attached hydrogens (primary N) is 1. The Labute approximate surface area is 124 Å². The number of methoxy groups -OCH3 is 1. The molecule has 0 aromatic carbocycles. The van der Waals surface area contributed by atoms with E-state index in [0.29, 0.717) is 23.7 Å². The Kier molecular flexibility index (Phi) is 4.63. The second-order valence-electron chi connectivity index (χ2n) is 6.44. The molecule has 1 aliphatic carbocycles. The van der Waals surface area contributed by atoms with Gasteiger partial charge in [-0.25, -0.2) is 0 Å². The second-order valence-corrected chi connectivity index (χ2v) is 6.44. The molecule has 0 saturated heterocycles. The monoisotopic (exact) mass is 296 g/mol. The smallest absolute Gasteiger partial charge is 0.240 e.